The molecule has 0 aromatic heterocycles. The second-order valence-corrected chi connectivity index (χ2v) is 6.35. The van der Waals surface area contributed by atoms with Crippen LogP contribution in [0.4, 0.5) is 17.6 Å². The number of alkyl halides is 4. The monoisotopic (exact) mass is 358 g/mol. The summed E-state index contributed by atoms with van der Waals surface area (Å²) in [6, 6.07) is 0. The summed E-state index contributed by atoms with van der Waals surface area (Å²) in [6.07, 6.45) is 1.89. The Hall–Kier alpha value is 0.1000. The smallest absolute Gasteiger partial charge is 0.743 e. The predicted molar refractivity (Wildman–Crippen MR) is 61.7 cm³/mol. The summed E-state index contributed by atoms with van der Waals surface area (Å²) in [7, 11) is -6.51. The SMILES string of the molecule is O=C(OCCC(F)(F)C(F)(F)S(=O)(=O)[O-])C1CCCCC1.[Na+]. The number of carbonyl (C=O) groups excluding carboxylic acids is 1. The Morgan fingerprint density at radius 1 is 1.14 bits per heavy atom. The summed E-state index contributed by atoms with van der Waals surface area (Å²) in [5.41, 5.74) is 0. The van der Waals surface area contributed by atoms with Crippen LogP contribution in [0.1, 0.15) is 38.5 Å². The van der Waals surface area contributed by atoms with E-state index in [4.69, 9.17) is 0 Å². The second-order valence-electron chi connectivity index (χ2n) is 4.93. The topological polar surface area (TPSA) is 83.5 Å². The Kier molecular flexibility index (Phi) is 8.31. The molecule has 0 aromatic rings. The molecule has 5 nitrogen and oxygen atoms in total. The van der Waals surface area contributed by atoms with Gasteiger partial charge < -0.3 is 9.29 Å². The Balaban J connectivity index is 0.00000441. The fourth-order valence-electron chi connectivity index (χ4n) is 2.06. The molecule has 1 saturated carbocycles. The maximum atomic E-state index is 13.1. The van der Waals surface area contributed by atoms with E-state index in [2.05, 4.69) is 4.74 Å². The molecule has 0 radical (unpaired) electrons. The van der Waals surface area contributed by atoms with Crippen molar-refractivity contribution in [1.82, 2.24) is 0 Å². The molecule has 124 valence electrons. The van der Waals surface area contributed by atoms with Gasteiger partial charge in [0.1, 0.15) is 0 Å². The van der Waals surface area contributed by atoms with Crippen molar-refractivity contribution in [3.8, 4) is 0 Å². The van der Waals surface area contributed by atoms with E-state index >= 15 is 0 Å². The molecule has 1 aliphatic carbocycles. The fourth-order valence-corrected chi connectivity index (χ4v) is 2.53. The molecule has 11 heteroatoms. The van der Waals surface area contributed by atoms with Crippen LogP contribution in [0, 0.1) is 5.92 Å². The molecular weight excluding hydrogens is 343 g/mol. The molecule has 0 amide bonds. The number of rotatable bonds is 6. The van der Waals surface area contributed by atoms with Crippen LogP contribution in [0.15, 0.2) is 0 Å². The first kappa shape index (κ1) is 22.1. The Morgan fingerprint density at radius 3 is 2.09 bits per heavy atom. The number of esters is 1. The summed E-state index contributed by atoms with van der Waals surface area (Å²) >= 11 is 0. The average Bonchev–Trinajstić information content (AvgIpc) is 2.38. The minimum absolute atomic E-state index is 0. The minimum atomic E-state index is -6.51. The van der Waals surface area contributed by atoms with Gasteiger partial charge in [-0.3, -0.25) is 4.79 Å². The van der Waals surface area contributed by atoms with E-state index in [1.54, 1.807) is 0 Å². The van der Waals surface area contributed by atoms with Crippen LogP contribution in [0.25, 0.3) is 0 Å². The largest absolute Gasteiger partial charge is 1.00 e. The van der Waals surface area contributed by atoms with Crippen LogP contribution >= 0.6 is 0 Å². The van der Waals surface area contributed by atoms with Crippen molar-refractivity contribution in [1.29, 1.82) is 0 Å². The van der Waals surface area contributed by atoms with Crippen LogP contribution in [0.3, 0.4) is 0 Å². The van der Waals surface area contributed by atoms with Gasteiger partial charge in [-0.1, -0.05) is 19.3 Å². The fraction of sp³-hybridized carbons (Fsp3) is 0.909. The Morgan fingerprint density at radius 2 is 1.64 bits per heavy atom. The molecule has 0 atom stereocenters. The normalized spacial score (nSPS) is 17.7. The third-order valence-corrected chi connectivity index (χ3v) is 4.27. The van der Waals surface area contributed by atoms with Crippen LogP contribution in [-0.2, 0) is 19.6 Å². The van der Waals surface area contributed by atoms with Crippen LogP contribution < -0.4 is 29.6 Å². The molecule has 0 spiro atoms. The molecule has 1 rings (SSSR count). The zero-order chi connectivity index (χ0) is 16.3. The van der Waals surface area contributed by atoms with Gasteiger partial charge in [-0.15, -0.1) is 0 Å². The summed E-state index contributed by atoms with van der Waals surface area (Å²) in [4.78, 5) is 11.5. The molecular formula is C11H15F4NaO5S. The first-order valence-corrected chi connectivity index (χ1v) is 7.77. The van der Waals surface area contributed by atoms with Crippen molar-refractivity contribution < 1.29 is 69.6 Å². The van der Waals surface area contributed by atoms with Gasteiger partial charge in [0, 0.05) is 0 Å². The van der Waals surface area contributed by atoms with Crippen molar-refractivity contribution in [2.45, 2.75) is 49.7 Å². The van der Waals surface area contributed by atoms with Gasteiger partial charge in [-0.05, 0) is 12.8 Å². The van der Waals surface area contributed by atoms with E-state index in [1.807, 2.05) is 0 Å². The Labute approximate surface area is 147 Å². The zero-order valence-corrected chi connectivity index (χ0v) is 14.8. The third-order valence-electron chi connectivity index (χ3n) is 3.34. The second kappa shape index (κ2) is 8.27. The summed E-state index contributed by atoms with van der Waals surface area (Å²) in [6.45, 7) is -1.08. The van der Waals surface area contributed by atoms with E-state index in [-0.39, 0.29) is 29.6 Å². The van der Waals surface area contributed by atoms with Gasteiger partial charge >= 0.3 is 46.7 Å². The first-order valence-electron chi connectivity index (χ1n) is 6.37. The van der Waals surface area contributed by atoms with Gasteiger partial charge in [0.05, 0.1) is 18.9 Å². The molecule has 0 aromatic carbocycles. The molecule has 1 fully saturated rings. The summed E-state index contributed by atoms with van der Waals surface area (Å²) in [5.74, 6) is -6.31. The van der Waals surface area contributed by atoms with E-state index in [1.165, 1.54) is 0 Å². The number of ether oxygens (including phenoxy) is 1. The molecule has 0 unspecified atom stereocenters. The molecule has 0 saturated heterocycles. The maximum Gasteiger partial charge on any atom is 1.00 e. The van der Waals surface area contributed by atoms with E-state index in [9.17, 15) is 35.3 Å². The molecule has 0 aliphatic heterocycles. The maximum absolute atomic E-state index is 13.1. The summed E-state index contributed by atoms with van der Waals surface area (Å²) < 4.78 is 86.7. The van der Waals surface area contributed by atoms with E-state index in [0.717, 1.165) is 19.3 Å². The number of hydrogen-bond acceptors (Lipinski definition) is 5. The van der Waals surface area contributed by atoms with Crippen molar-refractivity contribution in [3.63, 3.8) is 0 Å². The van der Waals surface area contributed by atoms with Crippen molar-refractivity contribution in [2.75, 3.05) is 6.61 Å². The predicted octanol–water partition coefficient (Wildman–Crippen LogP) is -0.723. The number of halogens is 4. The number of hydrogen-bond donors (Lipinski definition) is 0. The number of carbonyl (C=O) groups is 1. The van der Waals surface area contributed by atoms with Gasteiger partial charge in [-0.25, -0.2) is 8.42 Å². The van der Waals surface area contributed by atoms with Crippen molar-refractivity contribution in [2.24, 2.45) is 5.92 Å². The zero-order valence-electron chi connectivity index (χ0n) is 12.0. The van der Waals surface area contributed by atoms with Gasteiger partial charge in [0.2, 0.25) is 0 Å². The minimum Gasteiger partial charge on any atom is -0.743 e. The third kappa shape index (κ3) is 5.33. The molecule has 22 heavy (non-hydrogen) atoms. The van der Waals surface area contributed by atoms with Crippen molar-refractivity contribution >= 4 is 16.1 Å². The average molecular weight is 358 g/mol. The van der Waals surface area contributed by atoms with Crippen LogP contribution in [0.5, 0.6) is 0 Å². The van der Waals surface area contributed by atoms with Crippen molar-refractivity contribution in [3.05, 3.63) is 0 Å². The van der Waals surface area contributed by atoms with Crippen LogP contribution in [0.2, 0.25) is 0 Å². The van der Waals surface area contributed by atoms with Gasteiger partial charge in [0.25, 0.3) is 0 Å². The standard InChI is InChI=1S/C11H16F4O5S.Na/c12-10(13,11(14,15)21(17,18)19)6-7-20-9(16)8-4-2-1-3-5-8;/h8H,1-7H2,(H,17,18,19);/q;+1/p-1. The molecule has 1 aliphatic rings. The van der Waals surface area contributed by atoms with E-state index in [0.29, 0.717) is 12.8 Å². The summed E-state index contributed by atoms with van der Waals surface area (Å²) in [5, 5.41) is -5.74. The first-order chi connectivity index (χ1) is 9.49. The van der Waals surface area contributed by atoms with E-state index < -0.39 is 46.2 Å². The molecule has 0 bridgehead atoms. The Bertz CT molecular complexity index is 477. The van der Waals surface area contributed by atoms with Gasteiger partial charge in [-0.2, -0.15) is 17.6 Å². The molecule has 0 heterocycles. The van der Waals surface area contributed by atoms with Crippen LogP contribution in [-0.4, -0.2) is 36.7 Å². The quantitative estimate of drug-likeness (QED) is 0.271. The van der Waals surface area contributed by atoms with Gasteiger partial charge in [0.15, 0.2) is 10.1 Å². The molecule has 0 N–H and O–H groups in total.